The number of carbonyl (C=O) groups is 1. The van der Waals surface area contributed by atoms with Crippen molar-refractivity contribution in [2.24, 2.45) is 5.11 Å². The molecule has 0 aliphatic carbocycles. The molecule has 18 heavy (non-hydrogen) atoms. The first-order valence-electron chi connectivity index (χ1n) is 4.98. The van der Waals surface area contributed by atoms with E-state index in [-0.39, 0.29) is 11.3 Å². The number of carbonyl (C=O) groups excluding carboxylic acids is 1. The van der Waals surface area contributed by atoms with E-state index in [0.717, 1.165) is 0 Å². The van der Waals surface area contributed by atoms with Crippen LogP contribution in [0.2, 0.25) is 0 Å². The quantitative estimate of drug-likeness (QED) is 0.213. The van der Waals surface area contributed by atoms with Gasteiger partial charge in [-0.15, -0.1) is 0 Å². The number of non-ortho nitro benzene ring substituents is 1. The minimum atomic E-state index is -1.24. The number of ketones is 1. The number of azide groups is 1. The van der Waals surface area contributed by atoms with Crippen molar-refractivity contribution in [3.8, 4) is 0 Å². The predicted octanol–water partition coefficient (Wildman–Crippen LogP) is 1.84. The molecule has 0 fully saturated rings. The summed E-state index contributed by atoms with van der Waals surface area (Å²) in [6, 6.07) is 3.60. The summed E-state index contributed by atoms with van der Waals surface area (Å²) in [5.74, 6) is -0.585. The Hall–Kier alpha value is -2.44. The Morgan fingerprint density at radius 2 is 2.06 bits per heavy atom. The van der Waals surface area contributed by atoms with Gasteiger partial charge in [0.15, 0.2) is 5.78 Å². The van der Waals surface area contributed by atoms with E-state index >= 15 is 0 Å². The monoisotopic (exact) mass is 250 g/mol. The van der Waals surface area contributed by atoms with E-state index in [2.05, 4.69) is 10.0 Å². The summed E-state index contributed by atoms with van der Waals surface area (Å²) >= 11 is 0. The van der Waals surface area contributed by atoms with Gasteiger partial charge in [-0.1, -0.05) is 5.11 Å². The topological polar surface area (TPSA) is 129 Å². The Labute approximate surface area is 102 Å². The Morgan fingerprint density at radius 3 is 2.44 bits per heavy atom. The van der Waals surface area contributed by atoms with Gasteiger partial charge in [0, 0.05) is 22.6 Å². The molecule has 0 saturated heterocycles. The Bertz CT molecular complexity index is 505. The Kier molecular flexibility index (Phi) is 4.36. The van der Waals surface area contributed by atoms with Crippen LogP contribution in [-0.4, -0.2) is 28.0 Å². The zero-order valence-electron chi connectivity index (χ0n) is 9.42. The molecule has 1 aromatic carbocycles. The lowest BCUT2D eigenvalue weighted by Crippen LogP contribution is -2.29. The second kappa shape index (κ2) is 5.76. The van der Waals surface area contributed by atoms with Crippen molar-refractivity contribution in [3.63, 3.8) is 0 Å². The molecule has 0 aliphatic rings. The molecule has 0 aliphatic heterocycles. The normalized spacial score (nSPS) is 13.2. The van der Waals surface area contributed by atoms with E-state index < -0.39 is 22.9 Å². The van der Waals surface area contributed by atoms with Crippen molar-refractivity contribution < 1.29 is 14.8 Å². The maximum absolute atomic E-state index is 11.9. The molecule has 1 rings (SSSR count). The molecule has 0 radical (unpaired) electrons. The van der Waals surface area contributed by atoms with E-state index in [9.17, 15) is 20.0 Å². The highest BCUT2D eigenvalue weighted by atomic mass is 16.6. The van der Waals surface area contributed by atoms with E-state index in [0.29, 0.717) is 0 Å². The average Bonchev–Trinajstić information content (AvgIpc) is 2.35. The lowest BCUT2D eigenvalue weighted by Gasteiger charge is -2.12. The van der Waals surface area contributed by atoms with Gasteiger partial charge in [-0.2, -0.15) is 0 Å². The zero-order chi connectivity index (χ0) is 13.7. The molecule has 0 aromatic heterocycles. The van der Waals surface area contributed by atoms with Gasteiger partial charge in [-0.05, 0) is 24.6 Å². The Balaban J connectivity index is 3.02. The molecule has 0 heterocycles. The van der Waals surface area contributed by atoms with Crippen LogP contribution in [0, 0.1) is 10.1 Å². The SMILES string of the molecule is C[C@@H](O)[C@H](N=[N+]=[N-])C(=O)c1ccc([N+](=O)[O-])cc1. The highest BCUT2D eigenvalue weighted by molar-refractivity contribution is 6.00. The van der Waals surface area contributed by atoms with Gasteiger partial charge in [0.2, 0.25) is 0 Å². The van der Waals surface area contributed by atoms with Crippen LogP contribution in [0.15, 0.2) is 29.4 Å². The molecule has 0 unspecified atom stereocenters. The minimum absolute atomic E-state index is 0.138. The van der Waals surface area contributed by atoms with Crippen molar-refractivity contribution in [3.05, 3.63) is 50.4 Å². The molecule has 0 amide bonds. The highest BCUT2D eigenvalue weighted by Gasteiger charge is 2.23. The van der Waals surface area contributed by atoms with Crippen LogP contribution >= 0.6 is 0 Å². The maximum Gasteiger partial charge on any atom is 0.269 e. The smallest absolute Gasteiger partial charge is 0.269 e. The molecule has 0 saturated carbocycles. The van der Waals surface area contributed by atoms with Crippen molar-refractivity contribution in [1.29, 1.82) is 0 Å². The largest absolute Gasteiger partial charge is 0.393 e. The van der Waals surface area contributed by atoms with Gasteiger partial charge < -0.3 is 5.11 Å². The summed E-state index contributed by atoms with van der Waals surface area (Å²) < 4.78 is 0. The molecular weight excluding hydrogens is 240 g/mol. The fourth-order valence-corrected chi connectivity index (χ4v) is 1.34. The Morgan fingerprint density at radius 1 is 1.50 bits per heavy atom. The van der Waals surface area contributed by atoms with Gasteiger partial charge in [-0.3, -0.25) is 14.9 Å². The van der Waals surface area contributed by atoms with Gasteiger partial charge in [0.1, 0.15) is 6.04 Å². The molecule has 8 nitrogen and oxygen atoms in total. The van der Waals surface area contributed by atoms with E-state index in [4.69, 9.17) is 5.53 Å². The molecule has 0 bridgehead atoms. The van der Waals surface area contributed by atoms with Crippen LogP contribution < -0.4 is 0 Å². The number of benzene rings is 1. The average molecular weight is 250 g/mol. The van der Waals surface area contributed by atoms with Crippen LogP contribution in [-0.2, 0) is 0 Å². The summed E-state index contributed by atoms with van der Waals surface area (Å²) in [6.07, 6.45) is -1.14. The molecule has 0 spiro atoms. The van der Waals surface area contributed by atoms with E-state index in [1.807, 2.05) is 0 Å². The van der Waals surface area contributed by atoms with Crippen LogP contribution in [0.1, 0.15) is 17.3 Å². The summed E-state index contributed by atoms with van der Waals surface area (Å²) in [7, 11) is 0. The van der Waals surface area contributed by atoms with E-state index in [1.165, 1.54) is 31.2 Å². The maximum atomic E-state index is 11.9. The van der Waals surface area contributed by atoms with Crippen LogP contribution in [0.5, 0.6) is 0 Å². The van der Waals surface area contributed by atoms with Crippen LogP contribution in [0.4, 0.5) is 5.69 Å². The van der Waals surface area contributed by atoms with Crippen molar-refractivity contribution in [1.82, 2.24) is 0 Å². The van der Waals surface area contributed by atoms with E-state index in [1.54, 1.807) is 0 Å². The van der Waals surface area contributed by atoms with Gasteiger partial charge in [0.05, 0.1) is 11.0 Å². The van der Waals surface area contributed by atoms with Crippen molar-refractivity contribution in [2.45, 2.75) is 19.1 Å². The third-order valence-electron chi connectivity index (χ3n) is 2.26. The van der Waals surface area contributed by atoms with Crippen molar-refractivity contribution in [2.75, 3.05) is 0 Å². The van der Waals surface area contributed by atoms with Crippen LogP contribution in [0.3, 0.4) is 0 Å². The second-order valence-corrected chi connectivity index (χ2v) is 3.56. The number of nitrogens with zero attached hydrogens (tertiary/aromatic N) is 4. The third kappa shape index (κ3) is 3.03. The first-order valence-corrected chi connectivity index (χ1v) is 4.98. The number of nitro groups is 1. The van der Waals surface area contributed by atoms with Gasteiger partial charge >= 0.3 is 0 Å². The fraction of sp³-hybridized carbons (Fsp3) is 0.300. The zero-order valence-corrected chi connectivity index (χ0v) is 9.42. The number of hydrogen-bond acceptors (Lipinski definition) is 5. The van der Waals surface area contributed by atoms with Crippen molar-refractivity contribution >= 4 is 11.5 Å². The summed E-state index contributed by atoms with van der Waals surface area (Å²) in [4.78, 5) is 24.2. The molecule has 2 atom stereocenters. The summed E-state index contributed by atoms with van der Waals surface area (Å²) in [5.41, 5.74) is 8.29. The standard InChI is InChI=1S/C10H10N4O4/c1-6(15)9(12-13-11)10(16)7-2-4-8(5-3-7)14(17)18/h2-6,9,15H,1H3/t6-,9+/m1/s1. The number of nitro benzene ring substituents is 1. The molecule has 94 valence electrons. The molecule has 1 N–H and O–H groups in total. The number of Topliss-reactive ketones (excluding diaryl/α,β-unsaturated/α-hetero) is 1. The van der Waals surface area contributed by atoms with Crippen LogP contribution in [0.25, 0.3) is 10.4 Å². The lowest BCUT2D eigenvalue weighted by atomic mass is 10.0. The number of aliphatic hydroxyl groups excluding tert-OH is 1. The lowest BCUT2D eigenvalue weighted by molar-refractivity contribution is -0.384. The second-order valence-electron chi connectivity index (χ2n) is 3.56. The molecular formula is C10H10N4O4. The molecule has 8 heteroatoms. The first-order chi connectivity index (χ1) is 8.47. The molecule has 1 aromatic rings. The summed E-state index contributed by atoms with van der Waals surface area (Å²) in [6.45, 7) is 1.32. The number of aliphatic hydroxyl groups is 1. The fourth-order valence-electron chi connectivity index (χ4n) is 1.34. The van der Waals surface area contributed by atoms with Gasteiger partial charge in [-0.25, -0.2) is 0 Å². The number of rotatable bonds is 5. The number of hydrogen-bond donors (Lipinski definition) is 1. The first kappa shape index (κ1) is 13.6. The third-order valence-corrected chi connectivity index (χ3v) is 2.26. The van der Waals surface area contributed by atoms with Gasteiger partial charge in [0.25, 0.3) is 5.69 Å². The summed E-state index contributed by atoms with van der Waals surface area (Å²) in [5, 5.41) is 23.0. The minimum Gasteiger partial charge on any atom is -0.393 e. The highest BCUT2D eigenvalue weighted by Crippen LogP contribution is 2.15. The predicted molar refractivity (Wildman–Crippen MR) is 62.0 cm³/mol.